The fraction of sp³-hybridized carbons (Fsp3) is 0.378. The number of benzene rings is 4. The van der Waals surface area contributed by atoms with Crippen LogP contribution >= 0.6 is 0 Å². The minimum atomic E-state index is -0.458. The smallest absolute Gasteiger partial charge is 0.343 e. The first kappa shape index (κ1) is 33.6. The van der Waals surface area contributed by atoms with Gasteiger partial charge in [-0.15, -0.1) is 0 Å². The molecule has 0 aliphatic heterocycles. The van der Waals surface area contributed by atoms with Gasteiger partial charge in [0.25, 0.3) is 0 Å². The number of ether oxygens (including phenoxy) is 4. The first-order valence-electron chi connectivity index (χ1n) is 18.8. The number of carbonyl (C=O) groups excluding carboxylic acids is 4. The minimum Gasteiger partial charge on any atom is -0.465 e. The van der Waals surface area contributed by atoms with Crippen molar-refractivity contribution in [3.63, 3.8) is 0 Å². The Morgan fingerprint density at radius 3 is 1.34 bits per heavy atom. The van der Waals surface area contributed by atoms with E-state index in [9.17, 15) is 19.2 Å². The van der Waals surface area contributed by atoms with Crippen molar-refractivity contribution in [2.75, 3.05) is 14.2 Å². The Hall–Kier alpha value is -5.24. The van der Waals surface area contributed by atoms with Gasteiger partial charge in [-0.3, -0.25) is 0 Å². The second-order valence-corrected chi connectivity index (χ2v) is 15.8. The van der Waals surface area contributed by atoms with Gasteiger partial charge >= 0.3 is 23.9 Å². The Balaban J connectivity index is 0.816. The molecule has 8 heteroatoms. The highest BCUT2D eigenvalue weighted by molar-refractivity contribution is 5.95. The summed E-state index contributed by atoms with van der Waals surface area (Å²) in [5.41, 5.74) is 4.23. The molecule has 5 aliphatic rings. The van der Waals surface area contributed by atoms with Crippen molar-refractivity contribution in [2.45, 2.75) is 43.9 Å². The van der Waals surface area contributed by atoms with Crippen molar-refractivity contribution in [1.29, 1.82) is 0 Å². The topological polar surface area (TPSA) is 105 Å². The average molecular weight is 711 g/mol. The third-order valence-electron chi connectivity index (χ3n) is 13.6. The van der Waals surface area contributed by atoms with Gasteiger partial charge in [-0.2, -0.15) is 0 Å². The van der Waals surface area contributed by atoms with E-state index in [4.69, 9.17) is 18.9 Å². The maximum atomic E-state index is 12.8. The zero-order chi connectivity index (χ0) is 36.4. The monoisotopic (exact) mass is 710 g/mol. The fourth-order valence-electron chi connectivity index (χ4n) is 11.6. The van der Waals surface area contributed by atoms with Crippen LogP contribution in [0.15, 0.2) is 97.1 Å². The van der Waals surface area contributed by atoms with Crippen molar-refractivity contribution in [3.8, 4) is 11.5 Å². The molecule has 0 saturated heterocycles. The summed E-state index contributed by atoms with van der Waals surface area (Å²) >= 11 is 0. The van der Waals surface area contributed by atoms with Crippen LogP contribution in [0.4, 0.5) is 0 Å². The fourth-order valence-corrected chi connectivity index (χ4v) is 11.6. The zero-order valence-corrected chi connectivity index (χ0v) is 29.8. The van der Waals surface area contributed by atoms with E-state index in [-0.39, 0.29) is 0 Å². The van der Waals surface area contributed by atoms with Crippen LogP contribution in [-0.4, -0.2) is 38.1 Å². The van der Waals surface area contributed by atoms with Gasteiger partial charge in [0.15, 0.2) is 0 Å². The van der Waals surface area contributed by atoms with Gasteiger partial charge in [-0.05, 0) is 175 Å². The van der Waals surface area contributed by atoms with E-state index >= 15 is 0 Å². The van der Waals surface area contributed by atoms with Crippen LogP contribution < -0.4 is 9.47 Å². The summed E-state index contributed by atoms with van der Waals surface area (Å²) in [5, 5.41) is 0. The Kier molecular flexibility index (Phi) is 8.44. The predicted octanol–water partition coefficient (Wildman–Crippen LogP) is 8.51. The Morgan fingerprint density at radius 1 is 0.434 bits per heavy atom. The second-order valence-electron chi connectivity index (χ2n) is 15.8. The molecule has 4 bridgehead atoms. The summed E-state index contributed by atoms with van der Waals surface area (Å²) in [6, 6.07) is 28.8. The average Bonchev–Trinajstić information content (AvgIpc) is 4.03. The number of hydrogen-bond donors (Lipinski definition) is 0. The van der Waals surface area contributed by atoms with Crippen molar-refractivity contribution in [3.05, 3.63) is 130 Å². The first-order valence-corrected chi connectivity index (χ1v) is 18.8. The van der Waals surface area contributed by atoms with Gasteiger partial charge < -0.3 is 18.9 Å². The molecule has 5 aliphatic carbocycles. The lowest BCUT2D eigenvalue weighted by molar-refractivity contribution is 0.0591. The van der Waals surface area contributed by atoms with Gasteiger partial charge in [0.2, 0.25) is 0 Å². The van der Waals surface area contributed by atoms with E-state index < -0.39 is 23.9 Å². The summed E-state index contributed by atoms with van der Waals surface area (Å²) in [6.07, 6.45) is 6.52. The van der Waals surface area contributed by atoms with E-state index in [0.29, 0.717) is 45.6 Å². The molecule has 0 aromatic heterocycles. The maximum absolute atomic E-state index is 12.8. The van der Waals surface area contributed by atoms with Crippen LogP contribution in [0.5, 0.6) is 11.5 Å². The van der Waals surface area contributed by atoms with E-state index in [2.05, 4.69) is 24.3 Å². The molecule has 9 rings (SSSR count). The number of rotatable bonds is 8. The van der Waals surface area contributed by atoms with E-state index in [1.807, 2.05) is 24.3 Å². The van der Waals surface area contributed by atoms with Crippen LogP contribution in [0.3, 0.4) is 0 Å². The summed E-state index contributed by atoms with van der Waals surface area (Å²) in [5.74, 6) is 6.84. The molecular formula is C45H42O8. The SMILES string of the molecule is COC(=O)c1ccc(C(=O)Oc2ccc(C3CC4C(C3)C3CC4C4C5CC(c6ccc(OC(=O)c7ccc(C(=O)OC)cc7)cc6)C(C5)C34)cc2)cc1. The molecule has 0 amide bonds. The zero-order valence-electron chi connectivity index (χ0n) is 29.8. The molecule has 5 saturated carbocycles. The first-order chi connectivity index (χ1) is 25.8. The van der Waals surface area contributed by atoms with Crippen LogP contribution in [0.25, 0.3) is 0 Å². The van der Waals surface area contributed by atoms with Crippen LogP contribution in [0, 0.1) is 47.3 Å². The Morgan fingerprint density at radius 2 is 0.868 bits per heavy atom. The van der Waals surface area contributed by atoms with E-state index in [1.165, 1.54) is 57.5 Å². The van der Waals surface area contributed by atoms with Crippen LogP contribution in [-0.2, 0) is 9.47 Å². The number of esters is 4. The molecule has 8 nitrogen and oxygen atoms in total. The molecular weight excluding hydrogens is 668 g/mol. The molecule has 4 aromatic carbocycles. The van der Waals surface area contributed by atoms with Crippen molar-refractivity contribution in [2.24, 2.45) is 47.3 Å². The molecule has 0 N–H and O–H groups in total. The van der Waals surface area contributed by atoms with Gasteiger partial charge in [0.05, 0.1) is 36.5 Å². The lowest BCUT2D eigenvalue weighted by Crippen LogP contribution is -2.38. The number of methoxy groups -OCH3 is 2. The Labute approximate surface area is 308 Å². The predicted molar refractivity (Wildman–Crippen MR) is 195 cm³/mol. The van der Waals surface area contributed by atoms with Crippen molar-refractivity contribution < 1.29 is 38.1 Å². The standard InChI is InChI=1S/C45H42O8/c1-50-42(46)26-3-7-28(8-4-26)44(48)52-32-15-11-24(12-16-32)30-19-35-36(20-30)39-23-38(35)40-31-21-34(37(22-31)41(39)40)25-13-17-33(18-14-25)53-45(49)29-9-5-27(6-10-29)43(47)51-2/h3-18,30-31,34-41H,19-23H2,1-2H3. The largest absolute Gasteiger partial charge is 0.465 e. The molecule has 0 heterocycles. The molecule has 5 fully saturated rings. The Bertz CT molecular complexity index is 2050. The number of hydrogen-bond acceptors (Lipinski definition) is 8. The molecule has 10 atom stereocenters. The third kappa shape index (κ3) is 5.83. The molecule has 0 radical (unpaired) electrons. The quantitative estimate of drug-likeness (QED) is 0.102. The minimum absolute atomic E-state index is 0.377. The number of carbonyl (C=O) groups is 4. The maximum Gasteiger partial charge on any atom is 0.343 e. The summed E-state index contributed by atoms with van der Waals surface area (Å²) in [7, 11) is 2.65. The third-order valence-corrected chi connectivity index (χ3v) is 13.6. The van der Waals surface area contributed by atoms with Crippen molar-refractivity contribution in [1.82, 2.24) is 0 Å². The van der Waals surface area contributed by atoms with E-state index in [1.54, 1.807) is 48.5 Å². The second kappa shape index (κ2) is 13.3. The lowest BCUT2D eigenvalue weighted by Gasteiger charge is -2.43. The highest BCUT2D eigenvalue weighted by Gasteiger charge is 2.68. The number of fused-ring (bicyclic) bond motifs is 12. The summed E-state index contributed by atoms with van der Waals surface area (Å²) < 4.78 is 20.8. The van der Waals surface area contributed by atoms with Gasteiger partial charge in [-0.1, -0.05) is 24.3 Å². The molecule has 53 heavy (non-hydrogen) atoms. The lowest BCUT2D eigenvalue weighted by atomic mass is 9.61. The molecule has 270 valence electrons. The molecule has 0 spiro atoms. The highest BCUT2D eigenvalue weighted by atomic mass is 16.5. The summed E-state index contributed by atoms with van der Waals surface area (Å²) in [4.78, 5) is 49.0. The molecule has 4 aromatic rings. The van der Waals surface area contributed by atoms with E-state index in [0.717, 1.165) is 47.3 Å². The van der Waals surface area contributed by atoms with Gasteiger partial charge in [-0.25, -0.2) is 19.2 Å². The van der Waals surface area contributed by atoms with Crippen LogP contribution in [0.2, 0.25) is 0 Å². The summed E-state index contributed by atoms with van der Waals surface area (Å²) in [6.45, 7) is 0. The van der Waals surface area contributed by atoms with Gasteiger partial charge in [0, 0.05) is 0 Å². The highest BCUT2D eigenvalue weighted by Crippen LogP contribution is 2.75. The van der Waals surface area contributed by atoms with Crippen molar-refractivity contribution >= 4 is 23.9 Å². The van der Waals surface area contributed by atoms with Crippen LogP contribution in [0.1, 0.15) is 96.5 Å². The molecule has 10 unspecified atom stereocenters. The van der Waals surface area contributed by atoms with Gasteiger partial charge in [0.1, 0.15) is 11.5 Å². The normalized spacial score (nSPS) is 30.0.